The van der Waals surface area contributed by atoms with E-state index < -0.39 is 0 Å². The molecule has 2 N–H and O–H groups in total. The van der Waals surface area contributed by atoms with Gasteiger partial charge in [0.2, 0.25) is 0 Å². The van der Waals surface area contributed by atoms with Gasteiger partial charge in [-0.05, 0) is 49.4 Å². The average Bonchev–Trinajstić information content (AvgIpc) is 3.23. The molecular formula is C29H36N2O2. The molecule has 4 nitrogen and oxygen atoms in total. The average molecular weight is 445 g/mol. The van der Waals surface area contributed by atoms with Gasteiger partial charge in [0.25, 0.3) is 0 Å². The van der Waals surface area contributed by atoms with Crippen molar-refractivity contribution < 1.29 is 9.84 Å². The molecule has 1 aliphatic rings. The molecular weight excluding hydrogens is 408 g/mol. The normalized spacial score (nSPS) is 20.4. The number of nitrogens with one attached hydrogen (secondary N) is 1. The fourth-order valence-electron chi connectivity index (χ4n) is 5.32. The zero-order valence-corrected chi connectivity index (χ0v) is 19.9. The minimum atomic E-state index is 0.103. The minimum Gasteiger partial charge on any atom is -0.489 e. The second-order valence-electron chi connectivity index (χ2n) is 9.24. The fraction of sp³-hybridized carbons (Fsp3) is 0.379. The lowest BCUT2D eigenvalue weighted by molar-refractivity contribution is 0.239. The van der Waals surface area contributed by atoms with Crippen LogP contribution in [0.4, 0.5) is 5.69 Å². The second-order valence-corrected chi connectivity index (χ2v) is 9.24. The number of rotatable bonds is 9. The van der Waals surface area contributed by atoms with Crippen molar-refractivity contribution in [1.82, 2.24) is 5.32 Å². The van der Waals surface area contributed by atoms with Gasteiger partial charge in [0, 0.05) is 38.2 Å². The number of nitrogens with zero attached hydrogens (tertiary/aromatic N) is 1. The Hall–Kier alpha value is -2.82. The number of likely N-dealkylation sites (N-methyl/N-ethyl adjacent to an activating group) is 1. The van der Waals surface area contributed by atoms with Crippen LogP contribution in [0.3, 0.4) is 0 Å². The standard InChI is InChI=1S/C29H36N2O2/c1-21(2)33-26-17-11-10-16-25(26)31(3)29-24(18-19-32)20-30-28(29)27(22-12-6-4-7-13-22)23-14-8-5-9-15-23/h4-17,21,24,27-30,32H,18-20H2,1-3H3. The molecule has 0 aromatic heterocycles. The van der Waals surface area contributed by atoms with Crippen LogP contribution in [-0.2, 0) is 0 Å². The molecule has 0 aliphatic carbocycles. The van der Waals surface area contributed by atoms with Crippen LogP contribution >= 0.6 is 0 Å². The molecule has 1 fully saturated rings. The molecule has 0 spiro atoms. The van der Waals surface area contributed by atoms with Gasteiger partial charge in [-0.2, -0.15) is 0 Å². The Balaban J connectivity index is 1.77. The Labute approximate surface area is 198 Å². The van der Waals surface area contributed by atoms with E-state index in [1.54, 1.807) is 0 Å². The van der Waals surface area contributed by atoms with Crippen LogP contribution in [0.25, 0.3) is 0 Å². The zero-order chi connectivity index (χ0) is 23.2. The monoisotopic (exact) mass is 444 g/mol. The van der Waals surface area contributed by atoms with Gasteiger partial charge in [-0.15, -0.1) is 0 Å². The van der Waals surface area contributed by atoms with Gasteiger partial charge in [0.15, 0.2) is 0 Å². The number of anilines is 1. The van der Waals surface area contributed by atoms with Crippen LogP contribution in [0.5, 0.6) is 5.75 Å². The summed E-state index contributed by atoms with van der Waals surface area (Å²) in [5.41, 5.74) is 3.69. The highest BCUT2D eigenvalue weighted by atomic mass is 16.5. The van der Waals surface area contributed by atoms with Crippen LogP contribution in [0, 0.1) is 5.92 Å². The van der Waals surface area contributed by atoms with Crippen molar-refractivity contribution in [1.29, 1.82) is 0 Å². The Morgan fingerprint density at radius 1 is 0.909 bits per heavy atom. The summed E-state index contributed by atoms with van der Waals surface area (Å²) >= 11 is 0. The van der Waals surface area contributed by atoms with Crippen LogP contribution in [-0.4, -0.2) is 43.5 Å². The summed E-state index contributed by atoms with van der Waals surface area (Å²) in [7, 11) is 2.17. The molecule has 174 valence electrons. The minimum absolute atomic E-state index is 0.103. The van der Waals surface area contributed by atoms with Crippen molar-refractivity contribution >= 4 is 5.69 Å². The van der Waals surface area contributed by atoms with E-state index in [2.05, 4.69) is 110 Å². The second kappa shape index (κ2) is 10.9. The molecule has 1 heterocycles. The topological polar surface area (TPSA) is 44.7 Å². The van der Waals surface area contributed by atoms with E-state index in [-0.39, 0.29) is 30.7 Å². The van der Waals surface area contributed by atoms with Gasteiger partial charge in [-0.3, -0.25) is 0 Å². The van der Waals surface area contributed by atoms with E-state index in [9.17, 15) is 5.11 Å². The Kier molecular flexibility index (Phi) is 7.69. The Morgan fingerprint density at radius 3 is 2.06 bits per heavy atom. The largest absolute Gasteiger partial charge is 0.489 e. The summed E-state index contributed by atoms with van der Waals surface area (Å²) < 4.78 is 6.17. The third-order valence-electron chi connectivity index (χ3n) is 6.70. The third-order valence-corrected chi connectivity index (χ3v) is 6.70. The number of aliphatic hydroxyl groups is 1. The molecule has 33 heavy (non-hydrogen) atoms. The van der Waals surface area contributed by atoms with Crippen molar-refractivity contribution in [3.63, 3.8) is 0 Å². The number of hydrogen-bond donors (Lipinski definition) is 2. The third kappa shape index (κ3) is 5.23. The highest BCUT2D eigenvalue weighted by molar-refractivity contribution is 5.59. The smallest absolute Gasteiger partial charge is 0.142 e. The maximum atomic E-state index is 9.86. The van der Waals surface area contributed by atoms with Gasteiger partial charge >= 0.3 is 0 Å². The predicted octanol–water partition coefficient (Wildman–Crippen LogP) is 5.08. The predicted molar refractivity (Wildman–Crippen MR) is 136 cm³/mol. The van der Waals surface area contributed by atoms with Crippen molar-refractivity contribution in [2.45, 2.75) is 44.4 Å². The number of aliphatic hydroxyl groups excluding tert-OH is 1. The van der Waals surface area contributed by atoms with Gasteiger partial charge in [0.1, 0.15) is 5.75 Å². The summed E-state index contributed by atoms with van der Waals surface area (Å²) in [6.07, 6.45) is 0.869. The first-order valence-electron chi connectivity index (χ1n) is 12.0. The van der Waals surface area contributed by atoms with Gasteiger partial charge in [0.05, 0.1) is 11.8 Å². The molecule has 0 bridgehead atoms. The molecule has 3 unspecified atom stereocenters. The lowest BCUT2D eigenvalue weighted by Gasteiger charge is -2.39. The highest BCUT2D eigenvalue weighted by Crippen LogP contribution is 2.40. The van der Waals surface area contributed by atoms with Crippen LogP contribution < -0.4 is 15.0 Å². The van der Waals surface area contributed by atoms with Crippen molar-refractivity contribution in [2.24, 2.45) is 5.92 Å². The Bertz CT molecular complexity index is 953. The molecule has 1 saturated heterocycles. The molecule has 3 atom stereocenters. The van der Waals surface area contributed by atoms with Crippen molar-refractivity contribution in [2.75, 3.05) is 25.1 Å². The van der Waals surface area contributed by atoms with Gasteiger partial charge in [-0.1, -0.05) is 72.8 Å². The molecule has 3 aromatic rings. The van der Waals surface area contributed by atoms with E-state index >= 15 is 0 Å². The zero-order valence-electron chi connectivity index (χ0n) is 19.9. The molecule has 3 aromatic carbocycles. The SMILES string of the molecule is CC(C)Oc1ccccc1N(C)C1C(CCO)CNC1C(c1ccccc1)c1ccccc1. The summed E-state index contributed by atoms with van der Waals surface area (Å²) in [4.78, 5) is 2.38. The lowest BCUT2D eigenvalue weighted by atomic mass is 9.79. The first-order chi connectivity index (χ1) is 16.1. The fourth-order valence-corrected chi connectivity index (χ4v) is 5.32. The van der Waals surface area contributed by atoms with Gasteiger partial charge in [-0.25, -0.2) is 0 Å². The van der Waals surface area contributed by atoms with E-state index in [4.69, 9.17) is 4.74 Å². The van der Waals surface area contributed by atoms with E-state index in [0.717, 1.165) is 24.4 Å². The molecule has 0 amide bonds. The number of benzene rings is 3. The van der Waals surface area contributed by atoms with Crippen LogP contribution in [0.2, 0.25) is 0 Å². The van der Waals surface area contributed by atoms with Crippen molar-refractivity contribution in [3.8, 4) is 5.75 Å². The quantitative estimate of drug-likeness (QED) is 0.483. The first kappa shape index (κ1) is 23.3. The summed E-state index contributed by atoms with van der Waals surface area (Å²) in [6.45, 7) is 5.19. The summed E-state index contributed by atoms with van der Waals surface area (Å²) in [5, 5.41) is 13.7. The van der Waals surface area contributed by atoms with Crippen molar-refractivity contribution in [3.05, 3.63) is 96.1 Å². The van der Waals surface area contributed by atoms with Crippen LogP contribution in [0.15, 0.2) is 84.9 Å². The number of para-hydroxylation sites is 2. The molecule has 0 radical (unpaired) electrons. The maximum Gasteiger partial charge on any atom is 0.142 e. The Morgan fingerprint density at radius 2 is 1.48 bits per heavy atom. The molecule has 4 rings (SSSR count). The van der Waals surface area contributed by atoms with E-state index in [1.165, 1.54) is 11.1 Å². The first-order valence-corrected chi connectivity index (χ1v) is 12.0. The van der Waals surface area contributed by atoms with E-state index in [0.29, 0.717) is 5.92 Å². The molecule has 4 heteroatoms. The van der Waals surface area contributed by atoms with E-state index in [1.807, 2.05) is 6.07 Å². The number of ether oxygens (including phenoxy) is 1. The highest BCUT2D eigenvalue weighted by Gasteiger charge is 2.43. The summed E-state index contributed by atoms with van der Waals surface area (Å²) in [6, 6.07) is 30.2. The molecule has 1 aliphatic heterocycles. The van der Waals surface area contributed by atoms with Gasteiger partial charge < -0.3 is 20.1 Å². The maximum absolute atomic E-state index is 9.86. The lowest BCUT2D eigenvalue weighted by Crippen LogP contribution is -2.48. The number of hydrogen-bond acceptors (Lipinski definition) is 4. The van der Waals surface area contributed by atoms with Crippen LogP contribution in [0.1, 0.15) is 37.3 Å². The molecule has 0 saturated carbocycles. The summed E-state index contributed by atoms with van der Waals surface area (Å²) in [5.74, 6) is 1.42.